The normalized spacial score (nSPS) is 15.6. The van der Waals surface area contributed by atoms with Gasteiger partial charge in [-0.1, -0.05) is 37.3 Å². The van der Waals surface area contributed by atoms with Crippen LogP contribution in [0.2, 0.25) is 0 Å². The monoisotopic (exact) mass is 374 g/mol. The number of rotatable bonds is 5. The van der Waals surface area contributed by atoms with Crippen molar-refractivity contribution in [1.29, 1.82) is 0 Å². The average molecular weight is 374 g/mol. The van der Waals surface area contributed by atoms with Gasteiger partial charge in [0.15, 0.2) is 5.78 Å². The van der Waals surface area contributed by atoms with E-state index in [1.165, 1.54) is 0 Å². The number of hydrogen-bond acceptors (Lipinski definition) is 6. The maximum atomic E-state index is 12.7. The number of anilines is 4. The van der Waals surface area contributed by atoms with Gasteiger partial charge >= 0.3 is 0 Å². The Morgan fingerprint density at radius 1 is 0.964 bits per heavy atom. The molecule has 1 atom stereocenters. The lowest BCUT2D eigenvalue weighted by Crippen LogP contribution is -2.22. The van der Waals surface area contributed by atoms with E-state index in [0.717, 1.165) is 23.5 Å². The SMILES string of the molecule is COc1ccccc1Nc1nc2c(c(Nc3ccccc3)n1)C(=O)CC(C)C2. The van der Waals surface area contributed by atoms with Crippen molar-refractivity contribution in [3.8, 4) is 5.75 Å². The molecule has 0 saturated carbocycles. The van der Waals surface area contributed by atoms with Gasteiger partial charge in [0.1, 0.15) is 11.6 Å². The van der Waals surface area contributed by atoms with Gasteiger partial charge in [0.2, 0.25) is 5.95 Å². The summed E-state index contributed by atoms with van der Waals surface area (Å²) in [5.74, 6) is 2.01. The fourth-order valence-corrected chi connectivity index (χ4v) is 3.44. The van der Waals surface area contributed by atoms with E-state index in [2.05, 4.69) is 27.5 Å². The van der Waals surface area contributed by atoms with E-state index in [4.69, 9.17) is 4.74 Å². The Morgan fingerprint density at radius 2 is 1.71 bits per heavy atom. The fourth-order valence-electron chi connectivity index (χ4n) is 3.44. The third-order valence-electron chi connectivity index (χ3n) is 4.73. The van der Waals surface area contributed by atoms with Gasteiger partial charge < -0.3 is 15.4 Å². The van der Waals surface area contributed by atoms with E-state index in [0.29, 0.717) is 29.5 Å². The maximum Gasteiger partial charge on any atom is 0.229 e. The summed E-state index contributed by atoms with van der Waals surface area (Å²) in [5.41, 5.74) is 3.01. The lowest BCUT2D eigenvalue weighted by atomic mass is 9.87. The molecule has 28 heavy (non-hydrogen) atoms. The molecule has 6 nitrogen and oxygen atoms in total. The highest BCUT2D eigenvalue weighted by Gasteiger charge is 2.28. The molecule has 1 aliphatic rings. The number of nitrogens with zero attached hydrogens (tertiary/aromatic N) is 2. The van der Waals surface area contributed by atoms with Crippen LogP contribution in [0.15, 0.2) is 54.6 Å². The van der Waals surface area contributed by atoms with E-state index in [1.54, 1.807) is 7.11 Å². The van der Waals surface area contributed by atoms with E-state index in [9.17, 15) is 4.79 Å². The molecule has 0 fully saturated rings. The number of ketones is 1. The van der Waals surface area contributed by atoms with Crippen LogP contribution in [0.5, 0.6) is 5.75 Å². The third kappa shape index (κ3) is 3.67. The number of carbonyl (C=O) groups is 1. The minimum Gasteiger partial charge on any atom is -0.495 e. The molecule has 0 amide bonds. The number of aromatic nitrogens is 2. The number of benzene rings is 2. The van der Waals surface area contributed by atoms with E-state index in [-0.39, 0.29) is 11.7 Å². The molecule has 1 unspecified atom stereocenters. The summed E-state index contributed by atoms with van der Waals surface area (Å²) in [6, 6.07) is 17.3. The minimum atomic E-state index is 0.0797. The zero-order valence-corrected chi connectivity index (χ0v) is 15.9. The van der Waals surface area contributed by atoms with Gasteiger partial charge in [0.05, 0.1) is 24.1 Å². The Bertz CT molecular complexity index is 1000. The first kappa shape index (κ1) is 18.0. The highest BCUT2D eigenvalue weighted by atomic mass is 16.5. The first-order chi connectivity index (χ1) is 13.6. The van der Waals surface area contributed by atoms with Crippen LogP contribution < -0.4 is 15.4 Å². The lowest BCUT2D eigenvalue weighted by Gasteiger charge is -2.23. The quantitative estimate of drug-likeness (QED) is 0.672. The molecule has 2 N–H and O–H groups in total. The lowest BCUT2D eigenvalue weighted by molar-refractivity contribution is 0.0953. The standard InChI is InChI=1S/C22H22N4O2/c1-14-12-17-20(18(27)13-14)21(23-15-8-4-3-5-9-15)26-22(25-17)24-16-10-6-7-11-19(16)28-2/h3-11,14H,12-13H2,1-2H3,(H2,23,24,25,26). The Labute approximate surface area is 164 Å². The van der Waals surface area contributed by atoms with Crippen LogP contribution >= 0.6 is 0 Å². The number of ether oxygens (including phenoxy) is 1. The molecule has 1 heterocycles. The second-order valence-electron chi connectivity index (χ2n) is 6.97. The minimum absolute atomic E-state index is 0.0797. The fraction of sp³-hybridized carbons (Fsp3) is 0.227. The molecule has 0 bridgehead atoms. The van der Waals surface area contributed by atoms with Gasteiger partial charge in [-0.25, -0.2) is 4.98 Å². The molecular formula is C22H22N4O2. The maximum absolute atomic E-state index is 12.7. The van der Waals surface area contributed by atoms with Crippen molar-refractivity contribution in [3.05, 3.63) is 65.9 Å². The molecule has 1 aromatic heterocycles. The summed E-state index contributed by atoms with van der Waals surface area (Å²) in [4.78, 5) is 22.0. The Balaban J connectivity index is 1.76. The topological polar surface area (TPSA) is 76.1 Å². The van der Waals surface area contributed by atoms with Crippen molar-refractivity contribution in [1.82, 2.24) is 9.97 Å². The molecule has 4 rings (SSSR count). The van der Waals surface area contributed by atoms with Crippen molar-refractivity contribution >= 4 is 28.9 Å². The molecule has 0 radical (unpaired) electrons. The zero-order valence-electron chi connectivity index (χ0n) is 15.9. The molecule has 0 saturated heterocycles. The summed E-state index contributed by atoms with van der Waals surface area (Å²) < 4.78 is 5.40. The second kappa shape index (κ2) is 7.68. The van der Waals surface area contributed by atoms with Gasteiger partial charge in [-0.3, -0.25) is 4.79 Å². The number of carbonyl (C=O) groups excluding carboxylic acids is 1. The van der Waals surface area contributed by atoms with Crippen molar-refractivity contribution < 1.29 is 9.53 Å². The van der Waals surface area contributed by atoms with Gasteiger partial charge in [-0.05, 0) is 36.6 Å². The van der Waals surface area contributed by atoms with Crippen molar-refractivity contribution in [2.45, 2.75) is 19.8 Å². The summed E-state index contributed by atoms with van der Waals surface area (Å²) >= 11 is 0. The zero-order chi connectivity index (χ0) is 19.5. The number of methoxy groups -OCH3 is 1. The summed E-state index contributed by atoms with van der Waals surface area (Å²) in [5, 5.41) is 6.52. The van der Waals surface area contributed by atoms with Crippen LogP contribution in [0, 0.1) is 5.92 Å². The number of nitrogens with one attached hydrogen (secondary N) is 2. The number of hydrogen-bond donors (Lipinski definition) is 2. The summed E-state index contributed by atoms with van der Waals surface area (Å²) in [6.45, 7) is 2.07. The highest BCUT2D eigenvalue weighted by molar-refractivity contribution is 6.03. The van der Waals surface area contributed by atoms with Gasteiger partial charge in [-0.15, -0.1) is 0 Å². The number of fused-ring (bicyclic) bond motifs is 1. The van der Waals surface area contributed by atoms with Crippen LogP contribution in [0.25, 0.3) is 0 Å². The smallest absolute Gasteiger partial charge is 0.229 e. The third-order valence-corrected chi connectivity index (χ3v) is 4.73. The van der Waals surface area contributed by atoms with E-state index >= 15 is 0 Å². The Morgan fingerprint density at radius 3 is 2.50 bits per heavy atom. The van der Waals surface area contributed by atoms with Crippen LogP contribution in [0.1, 0.15) is 29.4 Å². The van der Waals surface area contributed by atoms with Gasteiger partial charge in [0.25, 0.3) is 0 Å². The van der Waals surface area contributed by atoms with Gasteiger partial charge in [0, 0.05) is 12.1 Å². The first-order valence-corrected chi connectivity index (χ1v) is 9.30. The number of para-hydroxylation sites is 3. The second-order valence-corrected chi connectivity index (χ2v) is 6.97. The summed E-state index contributed by atoms with van der Waals surface area (Å²) in [7, 11) is 1.62. The van der Waals surface area contributed by atoms with Crippen molar-refractivity contribution in [2.24, 2.45) is 5.92 Å². The van der Waals surface area contributed by atoms with Crippen LogP contribution in [-0.4, -0.2) is 22.9 Å². The predicted molar refractivity (Wildman–Crippen MR) is 110 cm³/mol. The van der Waals surface area contributed by atoms with Crippen LogP contribution in [0.4, 0.5) is 23.1 Å². The summed E-state index contributed by atoms with van der Waals surface area (Å²) in [6.07, 6.45) is 1.26. The highest BCUT2D eigenvalue weighted by Crippen LogP contribution is 2.33. The first-order valence-electron chi connectivity index (χ1n) is 9.30. The molecule has 142 valence electrons. The Hall–Kier alpha value is -3.41. The Kier molecular flexibility index (Phi) is 4.93. The molecule has 3 aromatic rings. The largest absolute Gasteiger partial charge is 0.495 e. The molecule has 6 heteroatoms. The molecular weight excluding hydrogens is 352 g/mol. The van der Waals surface area contributed by atoms with Crippen molar-refractivity contribution in [2.75, 3.05) is 17.7 Å². The molecule has 2 aromatic carbocycles. The van der Waals surface area contributed by atoms with E-state index < -0.39 is 0 Å². The van der Waals surface area contributed by atoms with E-state index in [1.807, 2.05) is 54.6 Å². The molecule has 1 aliphatic carbocycles. The average Bonchev–Trinajstić information content (AvgIpc) is 2.68. The van der Waals surface area contributed by atoms with Crippen LogP contribution in [-0.2, 0) is 6.42 Å². The number of Topliss-reactive ketones (excluding diaryl/α,β-unsaturated/α-hetero) is 1. The van der Waals surface area contributed by atoms with Crippen LogP contribution in [0.3, 0.4) is 0 Å². The van der Waals surface area contributed by atoms with Gasteiger partial charge in [-0.2, -0.15) is 4.98 Å². The van der Waals surface area contributed by atoms with Crippen molar-refractivity contribution in [3.63, 3.8) is 0 Å². The molecule has 0 aliphatic heterocycles. The predicted octanol–water partition coefficient (Wildman–Crippen LogP) is 4.74. The molecule has 0 spiro atoms.